The van der Waals surface area contributed by atoms with Gasteiger partial charge in [-0.1, -0.05) is 30.3 Å². The number of hydrogen-bond acceptors (Lipinski definition) is 3. The second-order valence-electron chi connectivity index (χ2n) is 4.20. The maximum absolute atomic E-state index is 5.64. The highest BCUT2D eigenvalue weighted by molar-refractivity contribution is 5.14. The first-order valence-corrected chi connectivity index (χ1v) is 6.76. The van der Waals surface area contributed by atoms with Crippen LogP contribution in [0.2, 0.25) is 0 Å². The van der Waals surface area contributed by atoms with Crippen LogP contribution >= 0.6 is 0 Å². The van der Waals surface area contributed by atoms with Crippen LogP contribution in [0.4, 0.5) is 0 Å². The van der Waals surface area contributed by atoms with Crippen LogP contribution in [0.1, 0.15) is 25.8 Å². The number of rotatable bonds is 9. The Bertz CT molecular complexity index is 297. The summed E-state index contributed by atoms with van der Waals surface area (Å²) in [6.07, 6.45) is 1.88. The van der Waals surface area contributed by atoms with E-state index in [9.17, 15) is 0 Å². The molecule has 1 aromatic rings. The Labute approximate surface area is 110 Å². The molecule has 0 aliphatic rings. The van der Waals surface area contributed by atoms with E-state index in [1.807, 2.05) is 27.0 Å². The topological polar surface area (TPSA) is 30.5 Å². The summed E-state index contributed by atoms with van der Waals surface area (Å²) in [5, 5.41) is 3.29. The molecular formula is C15H25NO2. The lowest BCUT2D eigenvalue weighted by Gasteiger charge is -2.26. The van der Waals surface area contributed by atoms with Gasteiger partial charge in [-0.05, 0) is 39.3 Å². The van der Waals surface area contributed by atoms with Crippen molar-refractivity contribution in [2.45, 2.75) is 39.0 Å². The van der Waals surface area contributed by atoms with Gasteiger partial charge in [0.05, 0.1) is 6.04 Å². The Morgan fingerprint density at radius 1 is 1.06 bits per heavy atom. The largest absolute Gasteiger partial charge is 0.351 e. The van der Waals surface area contributed by atoms with Crippen LogP contribution in [0.25, 0.3) is 0 Å². The summed E-state index contributed by atoms with van der Waals surface area (Å²) in [5.74, 6) is 0. The van der Waals surface area contributed by atoms with E-state index in [0.717, 1.165) is 12.8 Å². The molecule has 0 saturated carbocycles. The van der Waals surface area contributed by atoms with Crippen LogP contribution in [-0.4, -0.2) is 32.6 Å². The monoisotopic (exact) mass is 251 g/mol. The second-order valence-corrected chi connectivity index (χ2v) is 4.20. The maximum Gasteiger partial charge on any atom is 0.172 e. The van der Waals surface area contributed by atoms with E-state index in [1.54, 1.807) is 0 Å². The van der Waals surface area contributed by atoms with Crippen molar-refractivity contribution < 1.29 is 9.47 Å². The predicted molar refractivity (Wildman–Crippen MR) is 74.7 cm³/mol. The van der Waals surface area contributed by atoms with Gasteiger partial charge in [0.25, 0.3) is 0 Å². The Kier molecular flexibility index (Phi) is 7.65. The van der Waals surface area contributed by atoms with E-state index in [2.05, 4.69) is 29.6 Å². The van der Waals surface area contributed by atoms with Crippen LogP contribution in [0.15, 0.2) is 30.3 Å². The molecule has 0 aromatic heterocycles. The Morgan fingerprint density at radius 2 is 1.67 bits per heavy atom. The van der Waals surface area contributed by atoms with Gasteiger partial charge < -0.3 is 14.8 Å². The SMILES string of the molecule is CCOC(OCC)C(CCc1ccccc1)NC. The summed E-state index contributed by atoms with van der Waals surface area (Å²) < 4.78 is 11.3. The number of hydrogen-bond donors (Lipinski definition) is 1. The highest BCUT2D eigenvalue weighted by atomic mass is 16.7. The molecule has 3 nitrogen and oxygen atoms in total. The summed E-state index contributed by atoms with van der Waals surface area (Å²) in [7, 11) is 1.96. The van der Waals surface area contributed by atoms with Crippen LogP contribution in [0.3, 0.4) is 0 Å². The van der Waals surface area contributed by atoms with Gasteiger partial charge in [0.1, 0.15) is 0 Å². The zero-order chi connectivity index (χ0) is 13.2. The number of likely N-dealkylation sites (N-methyl/N-ethyl adjacent to an activating group) is 1. The summed E-state index contributed by atoms with van der Waals surface area (Å²) in [6, 6.07) is 10.7. The van der Waals surface area contributed by atoms with Gasteiger partial charge in [0.2, 0.25) is 0 Å². The molecule has 0 fully saturated rings. The molecule has 1 rings (SSSR count). The van der Waals surface area contributed by atoms with Crippen molar-refractivity contribution >= 4 is 0 Å². The zero-order valence-electron chi connectivity index (χ0n) is 11.7. The predicted octanol–water partition coefficient (Wildman–Crippen LogP) is 2.61. The zero-order valence-corrected chi connectivity index (χ0v) is 11.7. The third kappa shape index (κ3) is 5.17. The molecule has 0 heterocycles. The highest BCUT2D eigenvalue weighted by Gasteiger charge is 2.20. The minimum atomic E-state index is -0.159. The standard InChI is InChI=1S/C15H25NO2/c1-4-17-15(18-5-2)14(16-3)12-11-13-9-7-6-8-10-13/h6-10,14-16H,4-5,11-12H2,1-3H3. The van der Waals surface area contributed by atoms with Crippen LogP contribution < -0.4 is 5.32 Å². The van der Waals surface area contributed by atoms with Gasteiger partial charge in [0, 0.05) is 13.2 Å². The maximum atomic E-state index is 5.64. The van der Waals surface area contributed by atoms with Gasteiger partial charge >= 0.3 is 0 Å². The quantitative estimate of drug-likeness (QED) is 0.684. The molecule has 0 radical (unpaired) electrons. The lowest BCUT2D eigenvalue weighted by atomic mass is 10.0. The Morgan fingerprint density at radius 3 is 2.17 bits per heavy atom. The summed E-state index contributed by atoms with van der Waals surface area (Å²) in [4.78, 5) is 0. The van der Waals surface area contributed by atoms with E-state index in [-0.39, 0.29) is 12.3 Å². The molecule has 1 N–H and O–H groups in total. The number of ether oxygens (including phenoxy) is 2. The highest BCUT2D eigenvalue weighted by Crippen LogP contribution is 2.10. The molecule has 18 heavy (non-hydrogen) atoms. The van der Waals surface area contributed by atoms with Crippen LogP contribution in [-0.2, 0) is 15.9 Å². The smallest absolute Gasteiger partial charge is 0.172 e. The number of aryl methyl sites for hydroxylation is 1. The summed E-state index contributed by atoms with van der Waals surface area (Å²) in [6.45, 7) is 5.34. The first kappa shape index (κ1) is 15.2. The fourth-order valence-corrected chi connectivity index (χ4v) is 1.99. The third-order valence-corrected chi connectivity index (χ3v) is 2.95. The van der Waals surface area contributed by atoms with E-state index in [4.69, 9.17) is 9.47 Å². The van der Waals surface area contributed by atoms with Crippen molar-refractivity contribution in [1.29, 1.82) is 0 Å². The summed E-state index contributed by atoms with van der Waals surface area (Å²) in [5.41, 5.74) is 1.35. The fourth-order valence-electron chi connectivity index (χ4n) is 1.99. The number of nitrogens with one attached hydrogen (secondary N) is 1. The Balaban J connectivity index is 2.48. The molecule has 0 amide bonds. The summed E-state index contributed by atoms with van der Waals surface area (Å²) >= 11 is 0. The van der Waals surface area contributed by atoms with Gasteiger partial charge in [-0.2, -0.15) is 0 Å². The first-order chi connectivity index (χ1) is 8.81. The lowest BCUT2D eigenvalue weighted by molar-refractivity contribution is -0.153. The molecule has 0 saturated heterocycles. The molecule has 1 unspecified atom stereocenters. The van der Waals surface area contributed by atoms with Crippen molar-refractivity contribution in [3.05, 3.63) is 35.9 Å². The fraction of sp³-hybridized carbons (Fsp3) is 0.600. The molecule has 1 aromatic carbocycles. The van der Waals surface area contributed by atoms with E-state index < -0.39 is 0 Å². The second kappa shape index (κ2) is 9.09. The van der Waals surface area contributed by atoms with Crippen molar-refractivity contribution in [2.24, 2.45) is 0 Å². The molecule has 0 bridgehead atoms. The van der Waals surface area contributed by atoms with Gasteiger partial charge in [0.15, 0.2) is 6.29 Å². The molecule has 0 aliphatic carbocycles. The van der Waals surface area contributed by atoms with Crippen molar-refractivity contribution in [2.75, 3.05) is 20.3 Å². The first-order valence-electron chi connectivity index (χ1n) is 6.76. The van der Waals surface area contributed by atoms with Crippen molar-refractivity contribution in [3.8, 4) is 0 Å². The van der Waals surface area contributed by atoms with Gasteiger partial charge in [-0.3, -0.25) is 0 Å². The molecule has 1 atom stereocenters. The minimum Gasteiger partial charge on any atom is -0.351 e. The molecule has 0 spiro atoms. The van der Waals surface area contributed by atoms with E-state index >= 15 is 0 Å². The molecular weight excluding hydrogens is 226 g/mol. The van der Waals surface area contributed by atoms with Gasteiger partial charge in [-0.25, -0.2) is 0 Å². The average Bonchev–Trinajstić information content (AvgIpc) is 2.41. The normalized spacial score (nSPS) is 12.9. The van der Waals surface area contributed by atoms with E-state index in [0.29, 0.717) is 13.2 Å². The minimum absolute atomic E-state index is 0.159. The third-order valence-electron chi connectivity index (χ3n) is 2.95. The van der Waals surface area contributed by atoms with Gasteiger partial charge in [-0.15, -0.1) is 0 Å². The lowest BCUT2D eigenvalue weighted by Crippen LogP contribution is -2.41. The van der Waals surface area contributed by atoms with Crippen molar-refractivity contribution in [1.82, 2.24) is 5.32 Å². The molecule has 0 aliphatic heterocycles. The molecule has 102 valence electrons. The average molecular weight is 251 g/mol. The van der Waals surface area contributed by atoms with E-state index in [1.165, 1.54) is 5.56 Å². The number of benzene rings is 1. The van der Waals surface area contributed by atoms with Crippen LogP contribution in [0.5, 0.6) is 0 Å². The van der Waals surface area contributed by atoms with Crippen molar-refractivity contribution in [3.63, 3.8) is 0 Å². The molecule has 3 heteroatoms. The van der Waals surface area contributed by atoms with Crippen LogP contribution in [0, 0.1) is 0 Å². The Hall–Kier alpha value is -0.900.